The summed E-state index contributed by atoms with van der Waals surface area (Å²) in [5.74, 6) is 0. The van der Waals surface area contributed by atoms with Crippen LogP contribution >= 0.6 is 0 Å². The van der Waals surface area contributed by atoms with Gasteiger partial charge in [0.2, 0.25) is 0 Å². The fourth-order valence-electron chi connectivity index (χ4n) is 2.66. The molecule has 0 aromatic heterocycles. The van der Waals surface area contributed by atoms with Crippen LogP contribution in [0, 0.1) is 0 Å². The summed E-state index contributed by atoms with van der Waals surface area (Å²) in [5.41, 5.74) is 2.71. The van der Waals surface area contributed by atoms with E-state index < -0.39 is 0 Å². The van der Waals surface area contributed by atoms with Crippen molar-refractivity contribution in [3.8, 4) is 0 Å². The Bertz CT molecular complexity index is 661. The van der Waals surface area contributed by atoms with Crippen molar-refractivity contribution in [3.05, 3.63) is 65.7 Å². The summed E-state index contributed by atoms with van der Waals surface area (Å²) in [6.07, 6.45) is 0.528. The van der Waals surface area contributed by atoms with E-state index in [-0.39, 0.29) is 18.7 Å². The molecule has 25 heavy (non-hydrogen) atoms. The van der Waals surface area contributed by atoms with Gasteiger partial charge in [-0.2, -0.15) is 0 Å². The number of nitrogens with zero attached hydrogens (tertiary/aromatic N) is 1. The summed E-state index contributed by atoms with van der Waals surface area (Å²) >= 11 is 0. The predicted octanol–water partition coefficient (Wildman–Crippen LogP) is 3.64. The number of amides is 2. The van der Waals surface area contributed by atoms with Crippen molar-refractivity contribution in [3.63, 3.8) is 0 Å². The van der Waals surface area contributed by atoms with Gasteiger partial charge in [-0.1, -0.05) is 48.5 Å². The zero-order valence-corrected chi connectivity index (χ0v) is 14.8. The van der Waals surface area contributed by atoms with Crippen molar-refractivity contribution >= 4 is 11.7 Å². The molecule has 0 aliphatic rings. The molecular formula is C20H26N2O3. The van der Waals surface area contributed by atoms with Crippen molar-refractivity contribution in [1.29, 1.82) is 0 Å². The molecule has 5 nitrogen and oxygen atoms in total. The molecule has 0 fully saturated rings. The van der Waals surface area contributed by atoms with E-state index in [0.717, 1.165) is 16.8 Å². The van der Waals surface area contributed by atoms with E-state index >= 15 is 0 Å². The van der Waals surface area contributed by atoms with Crippen LogP contribution in [0.3, 0.4) is 0 Å². The van der Waals surface area contributed by atoms with E-state index in [4.69, 9.17) is 4.74 Å². The van der Waals surface area contributed by atoms with Gasteiger partial charge in [0.1, 0.15) is 0 Å². The van der Waals surface area contributed by atoms with Crippen LogP contribution in [0.25, 0.3) is 0 Å². The van der Waals surface area contributed by atoms with E-state index in [1.54, 1.807) is 12.0 Å². The normalized spacial score (nSPS) is 11.8. The summed E-state index contributed by atoms with van der Waals surface area (Å²) < 4.78 is 5.19. The van der Waals surface area contributed by atoms with Crippen LogP contribution in [-0.4, -0.2) is 35.8 Å². The van der Waals surface area contributed by atoms with Gasteiger partial charge in [-0.3, -0.25) is 0 Å². The Labute approximate surface area is 149 Å². The number of anilines is 1. The van der Waals surface area contributed by atoms with Crippen LogP contribution in [0.4, 0.5) is 10.5 Å². The Hall–Kier alpha value is -2.37. The quantitative estimate of drug-likeness (QED) is 0.770. The number of para-hydroxylation sites is 1. The standard InChI is InChI=1S/C20H26N2O3/c1-16(12-13-23)22(14-17-8-4-3-5-9-17)20(24)21-19-11-7-6-10-18(19)15-25-2/h3-11,16,23H,12-15H2,1-2H3,(H,21,24). The molecule has 2 aromatic carbocycles. The van der Waals surface area contributed by atoms with Crippen molar-refractivity contribution in [2.75, 3.05) is 19.0 Å². The fraction of sp³-hybridized carbons (Fsp3) is 0.350. The predicted molar refractivity (Wildman–Crippen MR) is 99.3 cm³/mol. The maximum atomic E-state index is 12.9. The number of aliphatic hydroxyl groups excluding tert-OH is 1. The van der Waals surface area contributed by atoms with E-state index in [0.29, 0.717) is 19.6 Å². The lowest BCUT2D eigenvalue weighted by Crippen LogP contribution is -2.41. The third-order valence-corrected chi connectivity index (χ3v) is 4.09. The first kappa shape index (κ1) is 19.0. The maximum Gasteiger partial charge on any atom is 0.322 e. The Balaban J connectivity index is 2.17. The Morgan fingerprint density at radius 3 is 2.52 bits per heavy atom. The van der Waals surface area contributed by atoms with Gasteiger partial charge in [-0.05, 0) is 25.0 Å². The first-order valence-electron chi connectivity index (χ1n) is 8.45. The van der Waals surface area contributed by atoms with Gasteiger partial charge in [0.05, 0.1) is 6.61 Å². The molecule has 0 saturated carbocycles. The minimum absolute atomic E-state index is 0.0417. The van der Waals surface area contributed by atoms with Gasteiger partial charge < -0.3 is 20.1 Å². The Kier molecular flexibility index (Phi) is 7.44. The second-order valence-corrected chi connectivity index (χ2v) is 6.00. The lowest BCUT2D eigenvalue weighted by Gasteiger charge is -2.29. The first-order chi connectivity index (χ1) is 12.2. The Morgan fingerprint density at radius 1 is 1.16 bits per heavy atom. The molecule has 0 heterocycles. The zero-order chi connectivity index (χ0) is 18.1. The number of hydrogen-bond donors (Lipinski definition) is 2. The third-order valence-electron chi connectivity index (χ3n) is 4.09. The molecule has 2 N–H and O–H groups in total. The number of hydrogen-bond acceptors (Lipinski definition) is 3. The van der Waals surface area contributed by atoms with Crippen LogP contribution in [-0.2, 0) is 17.9 Å². The Morgan fingerprint density at radius 2 is 1.84 bits per heavy atom. The topological polar surface area (TPSA) is 61.8 Å². The number of methoxy groups -OCH3 is 1. The van der Waals surface area contributed by atoms with E-state index in [9.17, 15) is 9.90 Å². The second-order valence-electron chi connectivity index (χ2n) is 6.00. The molecule has 2 aromatic rings. The summed E-state index contributed by atoms with van der Waals surface area (Å²) in [7, 11) is 1.63. The van der Waals surface area contributed by atoms with E-state index in [1.807, 2.05) is 61.5 Å². The zero-order valence-electron chi connectivity index (χ0n) is 14.8. The molecule has 1 atom stereocenters. The molecule has 2 rings (SSSR count). The number of aliphatic hydroxyl groups is 1. The lowest BCUT2D eigenvalue weighted by molar-refractivity contribution is 0.169. The van der Waals surface area contributed by atoms with Crippen molar-refractivity contribution in [2.45, 2.75) is 32.5 Å². The van der Waals surface area contributed by atoms with E-state index in [2.05, 4.69) is 5.32 Å². The number of benzene rings is 2. The monoisotopic (exact) mass is 342 g/mol. The number of rotatable bonds is 8. The number of ether oxygens (including phenoxy) is 1. The molecule has 134 valence electrons. The van der Waals surface area contributed by atoms with Gasteiger partial charge in [-0.15, -0.1) is 0 Å². The van der Waals surface area contributed by atoms with Crippen LogP contribution in [0.5, 0.6) is 0 Å². The van der Waals surface area contributed by atoms with Crippen molar-refractivity contribution < 1.29 is 14.6 Å². The number of carbonyl (C=O) groups is 1. The average molecular weight is 342 g/mol. The lowest BCUT2D eigenvalue weighted by atomic mass is 10.1. The SMILES string of the molecule is COCc1ccccc1NC(=O)N(Cc1ccccc1)C(C)CCO. The molecule has 5 heteroatoms. The van der Waals surface area contributed by atoms with Gasteiger partial charge in [0, 0.05) is 37.6 Å². The minimum Gasteiger partial charge on any atom is -0.396 e. The van der Waals surface area contributed by atoms with Gasteiger partial charge in [0.25, 0.3) is 0 Å². The third kappa shape index (κ3) is 5.59. The molecule has 0 spiro atoms. The highest BCUT2D eigenvalue weighted by molar-refractivity contribution is 5.90. The molecule has 2 amide bonds. The smallest absolute Gasteiger partial charge is 0.322 e. The highest BCUT2D eigenvalue weighted by Crippen LogP contribution is 2.18. The molecule has 0 saturated heterocycles. The molecule has 1 unspecified atom stereocenters. The molecule has 0 aliphatic carbocycles. The van der Waals surface area contributed by atoms with Gasteiger partial charge in [0.15, 0.2) is 0 Å². The minimum atomic E-state index is -0.187. The number of nitrogens with one attached hydrogen (secondary N) is 1. The summed E-state index contributed by atoms with van der Waals surface area (Å²) in [4.78, 5) is 14.6. The van der Waals surface area contributed by atoms with Crippen LogP contribution in [0.1, 0.15) is 24.5 Å². The largest absolute Gasteiger partial charge is 0.396 e. The molecule has 0 radical (unpaired) electrons. The van der Waals surface area contributed by atoms with Crippen molar-refractivity contribution in [1.82, 2.24) is 4.90 Å². The van der Waals surface area contributed by atoms with Crippen molar-refractivity contribution in [2.24, 2.45) is 0 Å². The highest BCUT2D eigenvalue weighted by Gasteiger charge is 2.21. The summed E-state index contributed by atoms with van der Waals surface area (Å²) in [6, 6.07) is 17.2. The van der Waals surface area contributed by atoms with Gasteiger partial charge >= 0.3 is 6.03 Å². The average Bonchev–Trinajstić information content (AvgIpc) is 2.62. The molecule has 0 bridgehead atoms. The fourth-order valence-corrected chi connectivity index (χ4v) is 2.66. The number of carbonyl (C=O) groups excluding carboxylic acids is 1. The first-order valence-corrected chi connectivity index (χ1v) is 8.45. The van der Waals surface area contributed by atoms with Crippen LogP contribution in [0.15, 0.2) is 54.6 Å². The van der Waals surface area contributed by atoms with Gasteiger partial charge in [-0.25, -0.2) is 4.79 Å². The van der Waals surface area contributed by atoms with Crippen LogP contribution < -0.4 is 5.32 Å². The summed E-state index contributed by atoms with van der Waals surface area (Å²) in [6.45, 7) is 2.90. The highest BCUT2D eigenvalue weighted by atomic mass is 16.5. The molecular weight excluding hydrogens is 316 g/mol. The summed E-state index contributed by atoms with van der Waals surface area (Å²) in [5, 5.41) is 12.2. The number of urea groups is 1. The molecule has 0 aliphatic heterocycles. The van der Waals surface area contributed by atoms with E-state index in [1.165, 1.54) is 0 Å². The second kappa shape index (κ2) is 9.81. The van der Waals surface area contributed by atoms with Crippen LogP contribution in [0.2, 0.25) is 0 Å². The maximum absolute atomic E-state index is 12.9.